The van der Waals surface area contributed by atoms with E-state index in [0.29, 0.717) is 30.3 Å². The van der Waals surface area contributed by atoms with E-state index < -0.39 is 0 Å². The minimum absolute atomic E-state index is 0.0387. The summed E-state index contributed by atoms with van der Waals surface area (Å²) in [6.45, 7) is 2.62. The van der Waals surface area contributed by atoms with Crippen molar-refractivity contribution in [1.29, 1.82) is 0 Å². The Morgan fingerprint density at radius 3 is 3.00 bits per heavy atom. The van der Waals surface area contributed by atoms with Gasteiger partial charge in [0.1, 0.15) is 5.82 Å². The number of carbonyl (C=O) groups excluding carboxylic acids is 1. The van der Waals surface area contributed by atoms with E-state index in [1.807, 2.05) is 6.20 Å². The summed E-state index contributed by atoms with van der Waals surface area (Å²) in [6.07, 6.45) is 13.6. The van der Waals surface area contributed by atoms with Gasteiger partial charge in [0.2, 0.25) is 5.91 Å². The van der Waals surface area contributed by atoms with Crippen molar-refractivity contribution in [1.82, 2.24) is 15.3 Å². The second-order valence-corrected chi connectivity index (χ2v) is 8.63. The SMILES string of the molecule is O=C(CC1CCCC1)NC[C@H]1[C@H]2CN(c3cnccn3)C[C@]23CC[C@H]1O3. The van der Waals surface area contributed by atoms with Gasteiger partial charge >= 0.3 is 0 Å². The summed E-state index contributed by atoms with van der Waals surface area (Å²) in [5.74, 6) is 2.69. The molecule has 1 aromatic heterocycles. The molecule has 3 aliphatic heterocycles. The molecule has 1 N–H and O–H groups in total. The van der Waals surface area contributed by atoms with E-state index in [2.05, 4.69) is 20.2 Å². The molecule has 3 saturated heterocycles. The second kappa shape index (κ2) is 6.48. The third-order valence-corrected chi connectivity index (χ3v) is 7.14. The molecule has 1 amide bonds. The fourth-order valence-corrected chi connectivity index (χ4v) is 5.87. The fraction of sp³-hybridized carbons (Fsp3) is 0.750. The summed E-state index contributed by atoms with van der Waals surface area (Å²) < 4.78 is 6.47. The number of nitrogens with zero attached hydrogens (tertiary/aromatic N) is 3. The van der Waals surface area contributed by atoms with Crippen molar-refractivity contribution in [3.63, 3.8) is 0 Å². The lowest BCUT2D eigenvalue weighted by molar-refractivity contribution is -0.122. The van der Waals surface area contributed by atoms with Crippen LogP contribution in [0.25, 0.3) is 0 Å². The number of hydrogen-bond donors (Lipinski definition) is 1. The maximum Gasteiger partial charge on any atom is 0.220 e. The molecule has 6 nitrogen and oxygen atoms in total. The largest absolute Gasteiger partial charge is 0.369 e. The number of anilines is 1. The van der Waals surface area contributed by atoms with Gasteiger partial charge in [0, 0.05) is 50.3 Å². The Morgan fingerprint density at radius 1 is 1.31 bits per heavy atom. The topological polar surface area (TPSA) is 67.4 Å². The third-order valence-electron chi connectivity index (χ3n) is 7.14. The van der Waals surface area contributed by atoms with E-state index in [1.165, 1.54) is 25.7 Å². The Kier molecular flexibility index (Phi) is 4.11. The van der Waals surface area contributed by atoms with Crippen LogP contribution in [0.1, 0.15) is 44.9 Å². The monoisotopic (exact) mass is 356 g/mol. The molecule has 0 radical (unpaired) electrons. The van der Waals surface area contributed by atoms with E-state index in [1.54, 1.807) is 12.4 Å². The van der Waals surface area contributed by atoms with Crippen LogP contribution in [-0.4, -0.2) is 47.2 Å². The Hall–Kier alpha value is -1.69. The highest BCUT2D eigenvalue weighted by atomic mass is 16.5. The van der Waals surface area contributed by atoms with Crippen LogP contribution < -0.4 is 10.2 Å². The summed E-state index contributed by atoms with van der Waals surface area (Å²) in [5, 5.41) is 3.23. The van der Waals surface area contributed by atoms with Crippen LogP contribution in [0.4, 0.5) is 5.82 Å². The van der Waals surface area contributed by atoms with Crippen LogP contribution in [0.3, 0.4) is 0 Å². The number of fused-ring (bicyclic) bond motifs is 1. The van der Waals surface area contributed by atoms with Crippen molar-refractivity contribution in [3.05, 3.63) is 18.6 Å². The summed E-state index contributed by atoms with van der Waals surface area (Å²) in [4.78, 5) is 23.3. The molecule has 4 heterocycles. The van der Waals surface area contributed by atoms with Gasteiger partial charge in [-0.3, -0.25) is 9.78 Å². The predicted octanol–water partition coefficient (Wildman–Crippen LogP) is 2.16. The highest BCUT2D eigenvalue weighted by Gasteiger charge is 2.63. The van der Waals surface area contributed by atoms with Crippen LogP contribution in [0.2, 0.25) is 0 Å². The van der Waals surface area contributed by atoms with Crippen molar-refractivity contribution in [3.8, 4) is 0 Å². The zero-order valence-electron chi connectivity index (χ0n) is 15.3. The van der Waals surface area contributed by atoms with Gasteiger partial charge in [-0.05, 0) is 31.6 Å². The standard InChI is InChI=1S/C20H28N4O2/c25-19(9-14-3-1-2-4-14)23-10-15-16-12-24(18-11-21-7-8-22-18)13-20(16)6-5-17(15)26-20/h7-8,11,14-17H,1-6,9-10,12-13H2,(H,23,25)/t15-,16+,17+,20+/m0/s1. The van der Waals surface area contributed by atoms with E-state index in [9.17, 15) is 4.79 Å². The van der Waals surface area contributed by atoms with E-state index >= 15 is 0 Å². The third kappa shape index (κ3) is 2.79. The van der Waals surface area contributed by atoms with Crippen LogP contribution in [-0.2, 0) is 9.53 Å². The first kappa shape index (κ1) is 16.5. The lowest BCUT2D eigenvalue weighted by atomic mass is 9.73. The van der Waals surface area contributed by atoms with E-state index in [-0.39, 0.29) is 11.5 Å². The zero-order valence-corrected chi connectivity index (χ0v) is 15.3. The predicted molar refractivity (Wildman–Crippen MR) is 97.6 cm³/mol. The molecule has 1 aliphatic carbocycles. The Labute approximate surface area is 154 Å². The first-order valence-corrected chi connectivity index (χ1v) is 10.2. The maximum absolute atomic E-state index is 12.4. The van der Waals surface area contributed by atoms with Gasteiger partial charge in [-0.1, -0.05) is 12.8 Å². The molecule has 4 atom stereocenters. The van der Waals surface area contributed by atoms with Crippen molar-refractivity contribution in [2.24, 2.45) is 17.8 Å². The van der Waals surface area contributed by atoms with Crippen LogP contribution in [0.5, 0.6) is 0 Å². The van der Waals surface area contributed by atoms with Gasteiger partial charge in [0.25, 0.3) is 0 Å². The van der Waals surface area contributed by atoms with Gasteiger partial charge in [0.15, 0.2) is 0 Å². The van der Waals surface area contributed by atoms with Gasteiger partial charge < -0.3 is 15.0 Å². The van der Waals surface area contributed by atoms with Crippen molar-refractivity contribution >= 4 is 11.7 Å². The summed E-state index contributed by atoms with van der Waals surface area (Å²) >= 11 is 0. The van der Waals surface area contributed by atoms with Crippen molar-refractivity contribution < 1.29 is 9.53 Å². The summed E-state index contributed by atoms with van der Waals surface area (Å²) in [7, 11) is 0. The van der Waals surface area contributed by atoms with Crippen molar-refractivity contribution in [2.45, 2.75) is 56.7 Å². The van der Waals surface area contributed by atoms with Gasteiger partial charge in [-0.25, -0.2) is 4.98 Å². The quantitative estimate of drug-likeness (QED) is 0.876. The highest BCUT2D eigenvalue weighted by Crippen LogP contribution is 2.55. The minimum atomic E-state index is -0.0387. The summed E-state index contributed by atoms with van der Waals surface area (Å²) in [5.41, 5.74) is -0.0387. The first-order valence-electron chi connectivity index (χ1n) is 10.2. The maximum atomic E-state index is 12.4. The molecule has 5 rings (SSSR count). The molecular weight excluding hydrogens is 328 g/mol. The number of rotatable bonds is 5. The minimum Gasteiger partial charge on any atom is -0.369 e. The van der Waals surface area contributed by atoms with Crippen LogP contribution >= 0.6 is 0 Å². The highest BCUT2D eigenvalue weighted by molar-refractivity contribution is 5.76. The fourth-order valence-electron chi connectivity index (χ4n) is 5.87. The van der Waals surface area contributed by atoms with Gasteiger partial charge in [-0.2, -0.15) is 0 Å². The van der Waals surface area contributed by atoms with E-state index in [0.717, 1.165) is 38.3 Å². The Bertz CT molecular complexity index is 663. The summed E-state index contributed by atoms with van der Waals surface area (Å²) in [6, 6.07) is 0. The number of hydrogen-bond acceptors (Lipinski definition) is 5. The van der Waals surface area contributed by atoms with E-state index in [4.69, 9.17) is 4.74 Å². The smallest absolute Gasteiger partial charge is 0.220 e. The van der Waals surface area contributed by atoms with Crippen LogP contribution in [0.15, 0.2) is 18.6 Å². The molecule has 4 fully saturated rings. The Balaban J connectivity index is 1.22. The molecule has 2 bridgehead atoms. The number of ether oxygens (including phenoxy) is 1. The van der Waals surface area contributed by atoms with Gasteiger partial charge in [0.05, 0.1) is 17.9 Å². The van der Waals surface area contributed by atoms with Crippen LogP contribution in [0, 0.1) is 17.8 Å². The average molecular weight is 356 g/mol. The molecule has 6 heteroatoms. The molecule has 26 heavy (non-hydrogen) atoms. The molecular formula is C20H28N4O2. The molecule has 140 valence electrons. The number of amides is 1. The average Bonchev–Trinajstić information content (AvgIpc) is 3.42. The van der Waals surface area contributed by atoms with Gasteiger partial charge in [-0.15, -0.1) is 0 Å². The zero-order chi connectivity index (χ0) is 17.6. The number of nitrogens with one attached hydrogen (secondary N) is 1. The lowest BCUT2D eigenvalue weighted by Crippen LogP contribution is -2.42. The molecule has 1 saturated carbocycles. The molecule has 0 unspecified atom stereocenters. The second-order valence-electron chi connectivity index (χ2n) is 8.63. The molecule has 1 aromatic rings. The lowest BCUT2D eigenvalue weighted by Gasteiger charge is -2.29. The molecule has 4 aliphatic rings. The normalized spacial score (nSPS) is 35.8. The van der Waals surface area contributed by atoms with Crippen molar-refractivity contribution in [2.75, 3.05) is 24.5 Å². The number of aromatic nitrogens is 2. The molecule has 0 aromatic carbocycles. The molecule has 1 spiro atoms. The first-order chi connectivity index (χ1) is 12.7. The number of carbonyl (C=O) groups is 1. The Morgan fingerprint density at radius 2 is 2.19 bits per heavy atom.